The van der Waals surface area contributed by atoms with Crippen LogP contribution in [0.5, 0.6) is 0 Å². The van der Waals surface area contributed by atoms with E-state index in [4.69, 9.17) is 19.0 Å². The Morgan fingerprint density at radius 2 is 1.69 bits per heavy atom. The first-order valence-corrected chi connectivity index (χ1v) is 12.8. The van der Waals surface area contributed by atoms with Crippen molar-refractivity contribution in [2.24, 2.45) is 0 Å². The number of fused-ring (bicyclic) bond motifs is 1. The van der Waals surface area contributed by atoms with Crippen LogP contribution in [0.3, 0.4) is 0 Å². The zero-order valence-electron chi connectivity index (χ0n) is 22.3. The lowest BCUT2D eigenvalue weighted by Crippen LogP contribution is -2.41. The minimum Gasteiger partial charge on any atom is -0.444 e. The van der Waals surface area contributed by atoms with Crippen LogP contribution in [0.4, 0.5) is 4.79 Å². The number of nitrogens with one attached hydrogen (secondary N) is 1. The summed E-state index contributed by atoms with van der Waals surface area (Å²) in [4.78, 5) is 22.8. The molecule has 0 radical (unpaired) electrons. The number of nitrogens with zero attached hydrogens (tertiary/aromatic N) is 2. The van der Waals surface area contributed by atoms with E-state index in [-0.39, 0.29) is 30.5 Å². The Kier molecular flexibility index (Phi) is 5.96. The van der Waals surface area contributed by atoms with Crippen molar-refractivity contribution in [3.63, 3.8) is 0 Å². The fourth-order valence-electron chi connectivity index (χ4n) is 4.76. The van der Waals surface area contributed by atoms with E-state index in [1.807, 2.05) is 20.8 Å². The molecular weight excluding hydrogens is 453 g/mol. The van der Waals surface area contributed by atoms with Gasteiger partial charge >= 0.3 is 13.2 Å². The molecule has 2 fully saturated rings. The highest BCUT2D eigenvalue weighted by molar-refractivity contribution is 6.62. The number of amides is 1. The lowest BCUT2D eigenvalue weighted by molar-refractivity contribution is 0.00578. The number of imidazole rings is 1. The Morgan fingerprint density at radius 3 is 2.33 bits per heavy atom. The molecule has 3 aromatic rings. The Morgan fingerprint density at radius 1 is 1.06 bits per heavy atom. The third kappa shape index (κ3) is 4.64. The fraction of sp³-hybridized carbons (Fsp3) is 0.500. The van der Waals surface area contributed by atoms with Gasteiger partial charge in [-0.3, -0.25) is 4.90 Å². The van der Waals surface area contributed by atoms with E-state index in [0.717, 1.165) is 46.3 Å². The number of hydrogen-bond acceptors (Lipinski definition) is 5. The molecule has 0 aliphatic carbocycles. The van der Waals surface area contributed by atoms with Crippen LogP contribution >= 0.6 is 0 Å². The average molecular weight is 489 g/mol. The zero-order chi connectivity index (χ0) is 25.9. The summed E-state index contributed by atoms with van der Waals surface area (Å²) in [5, 5.41) is 0. The van der Waals surface area contributed by atoms with Crippen LogP contribution in [0, 0.1) is 0 Å². The molecule has 1 unspecified atom stereocenters. The van der Waals surface area contributed by atoms with Gasteiger partial charge < -0.3 is 19.0 Å². The third-order valence-electron chi connectivity index (χ3n) is 7.47. The van der Waals surface area contributed by atoms with Gasteiger partial charge in [0, 0.05) is 6.54 Å². The van der Waals surface area contributed by atoms with Crippen molar-refractivity contribution < 1.29 is 18.8 Å². The lowest BCUT2D eigenvalue weighted by atomic mass is 9.78. The van der Waals surface area contributed by atoms with Gasteiger partial charge in [-0.2, -0.15) is 0 Å². The lowest BCUT2D eigenvalue weighted by Gasteiger charge is -2.32. The Hall–Kier alpha value is -2.84. The highest BCUT2D eigenvalue weighted by atomic mass is 16.7. The van der Waals surface area contributed by atoms with Crippen molar-refractivity contribution in [2.45, 2.75) is 84.2 Å². The SMILES string of the molecule is CC(C)(C)OC(=O)N1CCCC1c1nc2cc(-c3ccc(B4OC(C)(C)C(C)(C)O4)cc3)ccc2[nH]1. The second-order valence-electron chi connectivity index (χ2n) is 11.9. The molecule has 190 valence electrons. The first-order chi connectivity index (χ1) is 16.8. The Bertz CT molecular complexity index is 1260. The predicted octanol–water partition coefficient (Wildman–Crippen LogP) is 5.60. The molecule has 3 heterocycles. The molecule has 0 saturated carbocycles. The first-order valence-electron chi connectivity index (χ1n) is 12.8. The van der Waals surface area contributed by atoms with Crippen molar-refractivity contribution in [1.82, 2.24) is 14.9 Å². The van der Waals surface area contributed by atoms with Gasteiger partial charge in [0.25, 0.3) is 0 Å². The maximum atomic E-state index is 12.7. The van der Waals surface area contributed by atoms with Crippen LogP contribution in [0.15, 0.2) is 42.5 Å². The standard InChI is InChI=1S/C28H36BN3O4/c1-26(2,3)34-25(33)32-16-8-9-23(32)24-30-21-15-12-19(17-22(21)31-24)18-10-13-20(14-11-18)29-35-27(4,5)28(6,7)36-29/h10-15,17,23H,8-9,16H2,1-7H3,(H,30,31). The van der Waals surface area contributed by atoms with Gasteiger partial charge in [0.2, 0.25) is 0 Å². The number of ether oxygens (including phenoxy) is 1. The molecule has 36 heavy (non-hydrogen) atoms. The number of likely N-dealkylation sites (tertiary alicyclic amines) is 1. The van der Waals surface area contributed by atoms with Crippen LogP contribution in [0.2, 0.25) is 0 Å². The molecule has 0 bridgehead atoms. The van der Waals surface area contributed by atoms with Crippen molar-refractivity contribution in [3.8, 4) is 11.1 Å². The van der Waals surface area contributed by atoms with Gasteiger partial charge in [0.15, 0.2) is 0 Å². The second kappa shape index (κ2) is 8.63. The molecule has 2 aromatic carbocycles. The summed E-state index contributed by atoms with van der Waals surface area (Å²) in [6, 6.07) is 14.4. The van der Waals surface area contributed by atoms with Crippen molar-refractivity contribution >= 4 is 29.7 Å². The largest absolute Gasteiger partial charge is 0.494 e. The van der Waals surface area contributed by atoms with Crippen LogP contribution in [0.25, 0.3) is 22.2 Å². The summed E-state index contributed by atoms with van der Waals surface area (Å²) in [5.74, 6) is 0.807. The zero-order valence-corrected chi connectivity index (χ0v) is 22.3. The number of carbonyl (C=O) groups excluding carboxylic acids is 1. The molecule has 1 N–H and O–H groups in total. The van der Waals surface area contributed by atoms with Crippen molar-refractivity contribution in [2.75, 3.05) is 6.54 Å². The summed E-state index contributed by atoms with van der Waals surface area (Å²) in [6.45, 7) is 14.6. The maximum Gasteiger partial charge on any atom is 0.494 e. The van der Waals surface area contributed by atoms with Gasteiger partial charge in [-0.25, -0.2) is 9.78 Å². The monoisotopic (exact) mass is 489 g/mol. The van der Waals surface area contributed by atoms with Crippen LogP contribution in [-0.2, 0) is 14.0 Å². The van der Waals surface area contributed by atoms with E-state index in [9.17, 15) is 4.79 Å². The third-order valence-corrected chi connectivity index (χ3v) is 7.47. The molecule has 2 aliphatic heterocycles. The number of carbonyl (C=O) groups is 1. The van der Waals surface area contributed by atoms with Gasteiger partial charge in [-0.05, 0) is 90.0 Å². The van der Waals surface area contributed by atoms with E-state index in [1.54, 1.807) is 4.90 Å². The van der Waals surface area contributed by atoms with E-state index in [2.05, 4.69) is 75.1 Å². The van der Waals surface area contributed by atoms with E-state index in [1.165, 1.54) is 0 Å². The summed E-state index contributed by atoms with van der Waals surface area (Å²) < 4.78 is 18.0. The van der Waals surface area contributed by atoms with Gasteiger partial charge in [-0.1, -0.05) is 30.3 Å². The Labute approximate surface area is 213 Å². The summed E-state index contributed by atoms with van der Waals surface area (Å²) >= 11 is 0. The molecule has 2 saturated heterocycles. The molecule has 1 aromatic heterocycles. The average Bonchev–Trinajstić information content (AvgIpc) is 3.48. The topological polar surface area (TPSA) is 76.7 Å². The van der Waals surface area contributed by atoms with Crippen molar-refractivity contribution in [3.05, 3.63) is 48.3 Å². The van der Waals surface area contributed by atoms with Crippen LogP contribution < -0.4 is 5.46 Å². The quantitative estimate of drug-likeness (QED) is 0.485. The minimum atomic E-state index is -0.523. The fourth-order valence-corrected chi connectivity index (χ4v) is 4.76. The minimum absolute atomic E-state index is 0.102. The van der Waals surface area contributed by atoms with Gasteiger partial charge in [-0.15, -0.1) is 0 Å². The number of benzene rings is 2. The molecule has 1 amide bonds. The second-order valence-corrected chi connectivity index (χ2v) is 11.9. The number of aromatic amines is 1. The van der Waals surface area contributed by atoms with Gasteiger partial charge in [0.1, 0.15) is 11.4 Å². The maximum absolute atomic E-state index is 12.7. The molecule has 5 rings (SSSR count). The summed E-state index contributed by atoms with van der Waals surface area (Å²) in [6.07, 6.45) is 1.52. The number of H-pyrrole nitrogens is 1. The number of aromatic nitrogens is 2. The normalized spacial score (nSPS) is 21.4. The molecule has 2 aliphatic rings. The smallest absolute Gasteiger partial charge is 0.444 e. The highest BCUT2D eigenvalue weighted by Gasteiger charge is 2.51. The predicted molar refractivity (Wildman–Crippen MR) is 142 cm³/mol. The molecule has 1 atom stereocenters. The summed E-state index contributed by atoms with van der Waals surface area (Å²) in [5.41, 5.74) is 3.77. The van der Waals surface area contributed by atoms with E-state index in [0.29, 0.717) is 6.54 Å². The molecule has 0 spiro atoms. The van der Waals surface area contributed by atoms with Crippen molar-refractivity contribution in [1.29, 1.82) is 0 Å². The Balaban J connectivity index is 1.35. The van der Waals surface area contributed by atoms with Crippen LogP contribution in [0.1, 0.15) is 73.2 Å². The molecular formula is C28H36BN3O4. The molecule has 7 nitrogen and oxygen atoms in total. The van der Waals surface area contributed by atoms with E-state index >= 15 is 0 Å². The number of hydrogen-bond donors (Lipinski definition) is 1. The van der Waals surface area contributed by atoms with Crippen LogP contribution in [-0.4, -0.2) is 51.4 Å². The summed E-state index contributed by atoms with van der Waals surface area (Å²) in [7, 11) is -0.375. The number of rotatable bonds is 3. The molecule has 8 heteroatoms. The highest BCUT2D eigenvalue weighted by Crippen LogP contribution is 2.37. The first kappa shape index (κ1) is 24.8. The van der Waals surface area contributed by atoms with Gasteiger partial charge in [0.05, 0.1) is 28.3 Å². The van der Waals surface area contributed by atoms with E-state index < -0.39 is 5.60 Å².